The number of rotatable bonds is 7. The summed E-state index contributed by atoms with van der Waals surface area (Å²) in [5.41, 5.74) is 1.93. The molecule has 3 amide bonds. The van der Waals surface area contributed by atoms with Gasteiger partial charge in [-0.05, 0) is 46.6 Å². The molecule has 3 N–H and O–H groups in total. The topological polar surface area (TPSA) is 118 Å². The lowest BCUT2D eigenvalue weighted by atomic mass is 10.1. The van der Waals surface area contributed by atoms with Gasteiger partial charge in [0.05, 0.1) is 0 Å². The minimum absolute atomic E-state index is 0.102. The molecule has 0 fully saturated rings. The van der Waals surface area contributed by atoms with E-state index in [-0.39, 0.29) is 17.6 Å². The first kappa shape index (κ1) is 22.3. The third kappa shape index (κ3) is 5.40. The molecular weight excluding hydrogens is 466 g/mol. The molecule has 0 aliphatic carbocycles. The first-order valence-corrected chi connectivity index (χ1v) is 10.3. The number of nitrogens with zero attached hydrogens (tertiary/aromatic N) is 2. The van der Waals surface area contributed by atoms with Crippen molar-refractivity contribution >= 4 is 33.7 Å². The molecule has 3 aromatic rings. The van der Waals surface area contributed by atoms with Crippen LogP contribution in [0.5, 0.6) is 0 Å². The summed E-state index contributed by atoms with van der Waals surface area (Å²) in [5.74, 6) is -0.459. The van der Waals surface area contributed by atoms with Gasteiger partial charge in [0.25, 0.3) is 11.8 Å². The van der Waals surface area contributed by atoms with Gasteiger partial charge in [-0.1, -0.05) is 18.2 Å². The minimum atomic E-state index is -0.683. The number of benzene rings is 1. The van der Waals surface area contributed by atoms with Crippen molar-refractivity contribution in [2.24, 2.45) is 7.05 Å². The number of nitrogens with one attached hydrogen (secondary N) is 3. The highest BCUT2D eigenvalue weighted by Crippen LogP contribution is 2.23. The van der Waals surface area contributed by atoms with Gasteiger partial charge in [0.15, 0.2) is 11.5 Å². The normalized spacial score (nSPS) is 11.6. The Morgan fingerprint density at radius 1 is 1.16 bits per heavy atom. The number of halogens is 1. The highest BCUT2D eigenvalue weighted by atomic mass is 79.9. The number of hydrogen-bond acceptors (Lipinski definition) is 5. The van der Waals surface area contributed by atoms with Gasteiger partial charge in [0, 0.05) is 32.3 Å². The van der Waals surface area contributed by atoms with E-state index in [2.05, 4.69) is 37.0 Å². The van der Waals surface area contributed by atoms with Crippen molar-refractivity contribution in [2.75, 3.05) is 7.05 Å². The Bertz CT molecular complexity index is 1100. The molecule has 0 bridgehead atoms. The smallest absolute Gasteiger partial charge is 0.287 e. The van der Waals surface area contributed by atoms with Crippen LogP contribution in [0.15, 0.2) is 51.5 Å². The fourth-order valence-corrected chi connectivity index (χ4v) is 3.12. The van der Waals surface area contributed by atoms with Crippen LogP contribution in [-0.2, 0) is 18.4 Å². The summed E-state index contributed by atoms with van der Waals surface area (Å²) in [5, 5.41) is 12.0. The van der Waals surface area contributed by atoms with Gasteiger partial charge < -0.3 is 20.4 Å². The first-order chi connectivity index (χ1) is 14.8. The molecule has 3 rings (SSSR count). The molecular formula is C21H22BrN5O4. The summed E-state index contributed by atoms with van der Waals surface area (Å²) < 4.78 is 7.94. The number of carbonyl (C=O) groups excluding carboxylic acids is 3. The molecule has 162 valence electrons. The maximum absolute atomic E-state index is 12.3. The van der Waals surface area contributed by atoms with E-state index >= 15 is 0 Å². The van der Waals surface area contributed by atoms with Crippen molar-refractivity contribution in [3.63, 3.8) is 0 Å². The van der Waals surface area contributed by atoms with E-state index in [1.54, 1.807) is 36.9 Å². The molecule has 9 nitrogen and oxygen atoms in total. The molecule has 0 aliphatic heterocycles. The number of aryl methyl sites for hydroxylation is 1. The Morgan fingerprint density at radius 3 is 2.61 bits per heavy atom. The predicted molar refractivity (Wildman–Crippen MR) is 117 cm³/mol. The van der Waals surface area contributed by atoms with Gasteiger partial charge in [-0.15, -0.1) is 0 Å². The Hall–Kier alpha value is -3.40. The molecule has 0 saturated heterocycles. The summed E-state index contributed by atoms with van der Waals surface area (Å²) >= 11 is 3.31. The van der Waals surface area contributed by atoms with Crippen LogP contribution in [0.4, 0.5) is 0 Å². The van der Waals surface area contributed by atoms with Crippen LogP contribution in [0.25, 0.3) is 11.3 Å². The molecule has 1 aromatic carbocycles. The zero-order valence-electron chi connectivity index (χ0n) is 17.2. The first-order valence-electron chi connectivity index (χ1n) is 9.48. The molecule has 0 aliphatic rings. The molecule has 0 radical (unpaired) electrons. The highest BCUT2D eigenvalue weighted by molar-refractivity contribution is 9.10. The van der Waals surface area contributed by atoms with E-state index in [9.17, 15) is 14.4 Å². The van der Waals surface area contributed by atoms with Gasteiger partial charge in [-0.25, -0.2) is 0 Å². The minimum Gasteiger partial charge on any atom is -0.451 e. The lowest BCUT2D eigenvalue weighted by molar-refractivity contribution is -0.122. The van der Waals surface area contributed by atoms with Gasteiger partial charge >= 0.3 is 0 Å². The summed E-state index contributed by atoms with van der Waals surface area (Å²) in [6.07, 6.45) is 0. The average molecular weight is 488 g/mol. The molecule has 2 aromatic heterocycles. The fraction of sp³-hybridized carbons (Fsp3) is 0.238. The summed E-state index contributed by atoms with van der Waals surface area (Å²) in [7, 11) is 3.24. The van der Waals surface area contributed by atoms with E-state index in [1.165, 1.54) is 7.05 Å². The maximum Gasteiger partial charge on any atom is 0.287 e. The van der Waals surface area contributed by atoms with Gasteiger partial charge in [-0.3, -0.25) is 19.1 Å². The van der Waals surface area contributed by atoms with Crippen molar-refractivity contribution < 1.29 is 18.8 Å². The van der Waals surface area contributed by atoms with Crippen molar-refractivity contribution in [3.8, 4) is 11.3 Å². The molecule has 2 heterocycles. The third-order valence-electron chi connectivity index (χ3n) is 4.54. The quantitative estimate of drug-likeness (QED) is 0.472. The predicted octanol–water partition coefficient (Wildman–Crippen LogP) is 2.24. The number of amides is 3. The molecule has 1 unspecified atom stereocenters. The van der Waals surface area contributed by atoms with Crippen molar-refractivity contribution in [2.45, 2.75) is 19.5 Å². The Morgan fingerprint density at radius 2 is 1.94 bits per heavy atom. The largest absolute Gasteiger partial charge is 0.451 e. The molecule has 0 spiro atoms. The van der Waals surface area contributed by atoms with E-state index < -0.39 is 11.9 Å². The Kier molecular flexibility index (Phi) is 6.91. The third-order valence-corrected chi connectivity index (χ3v) is 5.28. The van der Waals surface area contributed by atoms with E-state index in [4.69, 9.17) is 4.42 Å². The van der Waals surface area contributed by atoms with Crippen LogP contribution in [0, 0.1) is 0 Å². The number of likely N-dealkylation sites (N-methyl/N-ethyl adjacent to an activating group) is 1. The van der Waals surface area contributed by atoms with Crippen LogP contribution in [0.3, 0.4) is 0 Å². The second kappa shape index (κ2) is 9.61. The molecule has 1 atom stereocenters. The average Bonchev–Trinajstić information content (AvgIpc) is 3.39. The number of carbonyl (C=O) groups is 3. The second-order valence-electron chi connectivity index (χ2n) is 6.83. The van der Waals surface area contributed by atoms with Gasteiger partial charge in [0.1, 0.15) is 16.4 Å². The molecule has 0 saturated carbocycles. The van der Waals surface area contributed by atoms with Crippen LogP contribution < -0.4 is 16.0 Å². The standard InChI is InChI=1S/C21H22BrN5O4/c1-12(19(28)23-2)25-21(30)17-8-7-16(31-17)14-6-4-5-13(9-14)11-24-20(29)15-10-18(22)27(3)26-15/h4-10,12H,11H2,1-3H3,(H,23,28)(H,24,29)(H,25,30). The van der Waals surface area contributed by atoms with Gasteiger partial charge in [-0.2, -0.15) is 5.10 Å². The van der Waals surface area contributed by atoms with Crippen LogP contribution >= 0.6 is 15.9 Å². The highest BCUT2D eigenvalue weighted by Gasteiger charge is 2.18. The van der Waals surface area contributed by atoms with Gasteiger partial charge in [0.2, 0.25) is 5.91 Å². The number of furan rings is 1. The van der Waals surface area contributed by atoms with Crippen LogP contribution in [-0.4, -0.2) is 40.6 Å². The molecule has 10 heteroatoms. The summed E-state index contributed by atoms with van der Waals surface area (Å²) in [4.78, 5) is 36.1. The van der Waals surface area contributed by atoms with E-state index in [0.717, 1.165) is 11.1 Å². The zero-order chi connectivity index (χ0) is 22.5. The van der Waals surface area contributed by atoms with Crippen molar-refractivity contribution in [1.82, 2.24) is 25.7 Å². The van der Waals surface area contributed by atoms with Crippen LogP contribution in [0.2, 0.25) is 0 Å². The number of aromatic nitrogens is 2. The van der Waals surface area contributed by atoms with E-state index in [1.807, 2.05) is 24.3 Å². The Labute approximate surface area is 187 Å². The molecule has 31 heavy (non-hydrogen) atoms. The van der Waals surface area contributed by atoms with E-state index in [0.29, 0.717) is 22.6 Å². The SMILES string of the molecule is CNC(=O)C(C)NC(=O)c1ccc(-c2cccc(CNC(=O)c3cc(Br)n(C)n3)c2)o1. The monoisotopic (exact) mass is 487 g/mol. The number of hydrogen-bond donors (Lipinski definition) is 3. The maximum atomic E-state index is 12.3. The zero-order valence-corrected chi connectivity index (χ0v) is 18.8. The summed E-state index contributed by atoms with van der Waals surface area (Å²) in [6, 6.07) is 11.6. The fourth-order valence-electron chi connectivity index (χ4n) is 2.83. The lowest BCUT2D eigenvalue weighted by Gasteiger charge is -2.10. The second-order valence-corrected chi connectivity index (χ2v) is 7.64. The Balaban J connectivity index is 1.65. The van der Waals surface area contributed by atoms with Crippen molar-refractivity contribution in [3.05, 3.63) is 64.1 Å². The van der Waals surface area contributed by atoms with Crippen molar-refractivity contribution in [1.29, 1.82) is 0 Å². The van der Waals surface area contributed by atoms with Crippen LogP contribution in [0.1, 0.15) is 33.5 Å². The summed E-state index contributed by atoms with van der Waals surface area (Å²) in [6.45, 7) is 1.89. The lowest BCUT2D eigenvalue weighted by Crippen LogP contribution is -2.43.